The first-order valence-corrected chi connectivity index (χ1v) is 4.70. The zero-order valence-electron chi connectivity index (χ0n) is 7.40. The Kier molecular flexibility index (Phi) is 2.98. The van der Waals surface area contributed by atoms with E-state index in [2.05, 4.69) is 10.2 Å². The minimum atomic E-state index is -0.333. The van der Waals surface area contributed by atoms with Crippen LogP contribution >= 0.6 is 23.2 Å². The number of hydrogen-bond acceptors (Lipinski definition) is 2. The number of nitrogens with zero attached hydrogens (tertiary/aromatic N) is 1. The maximum Gasteiger partial charge on any atom is 0.264 e. The predicted molar refractivity (Wildman–Crippen MR) is 53.6 cm³/mol. The Morgan fingerprint density at radius 3 is 2.77 bits per heavy atom. The molecule has 0 aliphatic carbocycles. The van der Waals surface area contributed by atoms with Gasteiger partial charge in [-0.25, -0.2) is 5.10 Å². The number of nitrogens with one attached hydrogen (secondary N) is 1. The highest BCUT2D eigenvalue weighted by Gasteiger charge is 2.23. The van der Waals surface area contributed by atoms with Gasteiger partial charge in [0, 0.05) is 22.9 Å². The van der Waals surface area contributed by atoms with Crippen molar-refractivity contribution in [2.24, 2.45) is 0 Å². The van der Waals surface area contributed by atoms with Gasteiger partial charge in [-0.1, -0.05) is 25.4 Å². The van der Waals surface area contributed by atoms with Crippen LogP contribution in [-0.2, 0) is 5.41 Å². The maximum atomic E-state index is 11.0. The molecule has 1 rings (SSSR count). The summed E-state index contributed by atoms with van der Waals surface area (Å²) in [5.41, 5.74) is 0.0744. The highest BCUT2D eigenvalue weighted by Crippen LogP contribution is 2.27. The third-order valence-corrected chi connectivity index (χ3v) is 2.78. The molecule has 1 aromatic heterocycles. The van der Waals surface area contributed by atoms with Crippen molar-refractivity contribution in [2.75, 3.05) is 5.88 Å². The Bertz CT molecular complexity index is 359. The van der Waals surface area contributed by atoms with E-state index >= 15 is 0 Å². The molecule has 1 heterocycles. The molecule has 1 N–H and O–H groups in total. The average molecular weight is 221 g/mol. The van der Waals surface area contributed by atoms with Gasteiger partial charge in [0.05, 0.1) is 0 Å². The normalized spacial score (nSPS) is 11.7. The van der Waals surface area contributed by atoms with Gasteiger partial charge in [0.25, 0.3) is 5.56 Å². The summed E-state index contributed by atoms with van der Waals surface area (Å²) in [5, 5.41) is 6.21. The molecule has 0 saturated heterocycles. The van der Waals surface area contributed by atoms with Gasteiger partial charge < -0.3 is 0 Å². The summed E-state index contributed by atoms with van der Waals surface area (Å²) in [7, 11) is 0. The molecule has 0 aromatic carbocycles. The standard InChI is InChI=1S/C8H10Cl2N2O/c1-8(2,4-9)5-3-6(13)11-12-7(5)10/h3H,4H2,1-2H3,(H,11,13). The van der Waals surface area contributed by atoms with Crippen molar-refractivity contribution in [1.29, 1.82) is 0 Å². The van der Waals surface area contributed by atoms with Gasteiger partial charge in [-0.15, -0.1) is 11.6 Å². The van der Waals surface area contributed by atoms with Gasteiger partial charge in [0.2, 0.25) is 0 Å². The van der Waals surface area contributed by atoms with Crippen LogP contribution in [0.3, 0.4) is 0 Å². The summed E-state index contributed by atoms with van der Waals surface area (Å²) in [6.45, 7) is 3.81. The summed E-state index contributed by atoms with van der Waals surface area (Å²) < 4.78 is 0. The minimum absolute atomic E-state index is 0.266. The number of H-pyrrole nitrogens is 1. The molecular weight excluding hydrogens is 211 g/mol. The van der Waals surface area contributed by atoms with Crippen LogP contribution in [0, 0.1) is 0 Å². The Morgan fingerprint density at radius 1 is 1.62 bits per heavy atom. The first-order chi connectivity index (χ1) is 5.97. The molecule has 0 aliphatic rings. The van der Waals surface area contributed by atoms with Crippen molar-refractivity contribution < 1.29 is 0 Å². The van der Waals surface area contributed by atoms with Crippen molar-refractivity contribution in [2.45, 2.75) is 19.3 Å². The number of rotatable bonds is 2. The molecule has 13 heavy (non-hydrogen) atoms. The molecule has 0 bridgehead atoms. The average Bonchev–Trinajstić information content (AvgIpc) is 2.09. The second kappa shape index (κ2) is 3.68. The summed E-state index contributed by atoms with van der Waals surface area (Å²) >= 11 is 11.6. The van der Waals surface area contributed by atoms with Gasteiger partial charge in [-0.3, -0.25) is 4.79 Å². The lowest BCUT2D eigenvalue weighted by Gasteiger charge is -2.21. The van der Waals surface area contributed by atoms with E-state index < -0.39 is 0 Å². The molecule has 0 saturated carbocycles. The second-order valence-electron chi connectivity index (χ2n) is 3.45. The largest absolute Gasteiger partial charge is 0.268 e. The lowest BCUT2D eigenvalue weighted by Crippen LogP contribution is -2.23. The molecule has 1 aromatic rings. The van der Waals surface area contributed by atoms with E-state index in [4.69, 9.17) is 23.2 Å². The van der Waals surface area contributed by atoms with Crippen LogP contribution in [0.5, 0.6) is 0 Å². The molecule has 0 unspecified atom stereocenters. The summed E-state index contributed by atoms with van der Waals surface area (Å²) in [4.78, 5) is 11.0. The highest BCUT2D eigenvalue weighted by atomic mass is 35.5. The van der Waals surface area contributed by atoms with Crippen LogP contribution in [0.2, 0.25) is 5.15 Å². The molecule has 0 fully saturated rings. The van der Waals surface area contributed by atoms with Crippen LogP contribution in [0.1, 0.15) is 19.4 Å². The molecule has 5 heteroatoms. The Balaban J connectivity index is 3.28. The van der Waals surface area contributed by atoms with Crippen molar-refractivity contribution in [3.8, 4) is 0 Å². The van der Waals surface area contributed by atoms with E-state index in [1.807, 2.05) is 13.8 Å². The van der Waals surface area contributed by atoms with E-state index in [0.717, 1.165) is 0 Å². The fourth-order valence-corrected chi connectivity index (χ4v) is 1.43. The monoisotopic (exact) mass is 220 g/mol. The van der Waals surface area contributed by atoms with Crippen molar-refractivity contribution in [1.82, 2.24) is 10.2 Å². The summed E-state index contributed by atoms with van der Waals surface area (Å²) in [5.74, 6) is 0.387. The molecule has 72 valence electrons. The SMILES string of the molecule is CC(C)(CCl)c1cc(=O)[nH]nc1Cl. The Hall–Kier alpha value is -0.540. The van der Waals surface area contributed by atoms with Crippen LogP contribution in [0.4, 0.5) is 0 Å². The first-order valence-electron chi connectivity index (χ1n) is 3.79. The maximum absolute atomic E-state index is 11.0. The second-order valence-corrected chi connectivity index (χ2v) is 4.08. The van der Waals surface area contributed by atoms with E-state index in [-0.39, 0.29) is 11.0 Å². The Labute approximate surface area is 86.1 Å². The first kappa shape index (κ1) is 10.5. The topological polar surface area (TPSA) is 45.8 Å². The third kappa shape index (κ3) is 2.23. The smallest absolute Gasteiger partial charge is 0.264 e. The molecule has 0 spiro atoms. The zero-order chi connectivity index (χ0) is 10.1. The number of halogens is 2. The van der Waals surface area contributed by atoms with Crippen LogP contribution in [0.15, 0.2) is 10.9 Å². The van der Waals surface area contributed by atoms with Crippen molar-refractivity contribution in [3.63, 3.8) is 0 Å². The van der Waals surface area contributed by atoms with Gasteiger partial charge in [0.1, 0.15) is 0 Å². The molecule has 0 radical (unpaired) electrons. The lowest BCUT2D eigenvalue weighted by atomic mass is 9.88. The molecule has 3 nitrogen and oxygen atoms in total. The zero-order valence-corrected chi connectivity index (χ0v) is 8.91. The van der Waals surface area contributed by atoms with Gasteiger partial charge >= 0.3 is 0 Å². The number of aromatic amines is 1. The predicted octanol–water partition coefficient (Wildman–Crippen LogP) is 1.94. The molecule has 0 atom stereocenters. The molecular formula is C8H10Cl2N2O. The highest BCUT2D eigenvalue weighted by molar-refractivity contribution is 6.30. The van der Waals surface area contributed by atoms with Gasteiger partial charge in [0.15, 0.2) is 5.15 Å². The summed E-state index contributed by atoms with van der Waals surface area (Å²) in [6.07, 6.45) is 0. The van der Waals surface area contributed by atoms with Crippen molar-refractivity contribution >= 4 is 23.2 Å². The van der Waals surface area contributed by atoms with Gasteiger partial charge in [-0.05, 0) is 0 Å². The van der Waals surface area contributed by atoms with Gasteiger partial charge in [-0.2, -0.15) is 5.10 Å². The van der Waals surface area contributed by atoms with E-state index in [1.54, 1.807) is 0 Å². The number of hydrogen-bond donors (Lipinski definition) is 1. The number of alkyl halides is 1. The van der Waals surface area contributed by atoms with Crippen molar-refractivity contribution in [3.05, 3.63) is 27.1 Å². The van der Waals surface area contributed by atoms with Crippen LogP contribution < -0.4 is 5.56 Å². The van der Waals surface area contributed by atoms with E-state index in [1.165, 1.54) is 6.07 Å². The summed E-state index contributed by atoms with van der Waals surface area (Å²) in [6, 6.07) is 1.43. The minimum Gasteiger partial charge on any atom is -0.268 e. The van der Waals surface area contributed by atoms with Crippen LogP contribution in [0.25, 0.3) is 0 Å². The quantitative estimate of drug-likeness (QED) is 0.775. The molecule has 0 aliphatic heterocycles. The van der Waals surface area contributed by atoms with E-state index in [9.17, 15) is 4.79 Å². The van der Waals surface area contributed by atoms with E-state index in [0.29, 0.717) is 16.6 Å². The Morgan fingerprint density at radius 2 is 2.23 bits per heavy atom. The lowest BCUT2D eigenvalue weighted by molar-refractivity contribution is 0.591. The fourth-order valence-electron chi connectivity index (χ4n) is 0.934. The fraction of sp³-hybridized carbons (Fsp3) is 0.500. The third-order valence-electron chi connectivity index (χ3n) is 1.83. The van der Waals surface area contributed by atoms with Crippen LogP contribution in [-0.4, -0.2) is 16.1 Å². The molecule has 0 amide bonds. The number of aromatic nitrogens is 2.